The van der Waals surface area contributed by atoms with Gasteiger partial charge in [-0.1, -0.05) is 30.3 Å². The Morgan fingerprint density at radius 1 is 0.750 bits per heavy atom. The van der Waals surface area contributed by atoms with Gasteiger partial charge >= 0.3 is 0 Å². The fraction of sp³-hybridized carbons (Fsp3) is 0.333. The second-order valence-electron chi connectivity index (χ2n) is 6.18. The van der Waals surface area contributed by atoms with E-state index in [1.165, 1.54) is 31.2 Å². The Labute approximate surface area is 119 Å². The third kappa shape index (κ3) is 1.83. The summed E-state index contributed by atoms with van der Waals surface area (Å²) in [4.78, 5) is 0. The zero-order valence-corrected chi connectivity index (χ0v) is 11.5. The Hall–Kier alpha value is -1.80. The van der Waals surface area contributed by atoms with E-state index in [4.69, 9.17) is 10.5 Å². The number of nitrogens with two attached hydrogens (primary N) is 1. The first kappa shape index (κ1) is 12.0. The van der Waals surface area contributed by atoms with Gasteiger partial charge in [0.25, 0.3) is 0 Å². The monoisotopic (exact) mass is 265 g/mol. The third-order valence-corrected chi connectivity index (χ3v) is 4.88. The van der Waals surface area contributed by atoms with Gasteiger partial charge in [0.1, 0.15) is 11.5 Å². The highest BCUT2D eigenvalue weighted by molar-refractivity contribution is 5.43. The smallest absolute Gasteiger partial charge is 0.127 e. The summed E-state index contributed by atoms with van der Waals surface area (Å²) in [5.41, 5.74) is 8.18. The van der Waals surface area contributed by atoms with Gasteiger partial charge in [-0.2, -0.15) is 0 Å². The molecule has 0 aromatic heterocycles. The van der Waals surface area contributed by atoms with Gasteiger partial charge in [0.15, 0.2) is 0 Å². The van der Waals surface area contributed by atoms with E-state index in [9.17, 15) is 0 Å². The van der Waals surface area contributed by atoms with Crippen LogP contribution in [0.15, 0.2) is 54.6 Å². The van der Waals surface area contributed by atoms with Gasteiger partial charge < -0.3 is 10.5 Å². The molecule has 0 saturated heterocycles. The van der Waals surface area contributed by atoms with E-state index in [1.54, 1.807) is 0 Å². The first-order valence-electron chi connectivity index (χ1n) is 7.34. The lowest BCUT2D eigenvalue weighted by Gasteiger charge is -2.23. The molecule has 2 aliphatic carbocycles. The molecule has 2 N–H and O–H groups in total. The summed E-state index contributed by atoms with van der Waals surface area (Å²) >= 11 is 0. The van der Waals surface area contributed by atoms with Crippen molar-refractivity contribution in [3.8, 4) is 11.5 Å². The predicted molar refractivity (Wildman–Crippen MR) is 80.0 cm³/mol. The van der Waals surface area contributed by atoms with Crippen molar-refractivity contribution in [3.05, 3.63) is 60.2 Å². The van der Waals surface area contributed by atoms with Crippen LogP contribution < -0.4 is 10.5 Å². The molecule has 2 aromatic carbocycles. The minimum atomic E-state index is 0.0782. The van der Waals surface area contributed by atoms with Crippen molar-refractivity contribution < 1.29 is 4.74 Å². The highest BCUT2D eigenvalue weighted by atomic mass is 16.5. The van der Waals surface area contributed by atoms with E-state index in [0.29, 0.717) is 0 Å². The molecular weight excluding hydrogens is 246 g/mol. The summed E-state index contributed by atoms with van der Waals surface area (Å²) in [5, 5.41) is 0. The maximum atomic E-state index is 6.45. The van der Waals surface area contributed by atoms with E-state index in [2.05, 4.69) is 24.3 Å². The van der Waals surface area contributed by atoms with Crippen LogP contribution in [-0.4, -0.2) is 5.54 Å². The molecule has 0 amide bonds. The highest BCUT2D eigenvalue weighted by Crippen LogP contribution is 2.63. The van der Waals surface area contributed by atoms with Crippen molar-refractivity contribution >= 4 is 0 Å². The van der Waals surface area contributed by atoms with Crippen molar-refractivity contribution in [2.45, 2.75) is 36.6 Å². The van der Waals surface area contributed by atoms with Crippen LogP contribution in [0.5, 0.6) is 11.5 Å². The van der Waals surface area contributed by atoms with Gasteiger partial charge in [-0.25, -0.2) is 0 Å². The van der Waals surface area contributed by atoms with Gasteiger partial charge in [0.05, 0.1) is 0 Å². The molecule has 2 heteroatoms. The van der Waals surface area contributed by atoms with E-state index < -0.39 is 0 Å². The van der Waals surface area contributed by atoms with Crippen LogP contribution in [0, 0.1) is 0 Å². The van der Waals surface area contributed by atoms with Gasteiger partial charge in [-0.15, -0.1) is 0 Å². The minimum absolute atomic E-state index is 0.0782. The highest BCUT2D eigenvalue weighted by Gasteiger charge is 2.63. The third-order valence-electron chi connectivity index (χ3n) is 4.88. The molecule has 0 unspecified atom stereocenters. The zero-order chi connectivity index (χ0) is 13.6. The Balaban J connectivity index is 1.55. The van der Waals surface area contributed by atoms with Gasteiger partial charge in [-0.05, 0) is 55.5 Å². The number of ether oxygens (including phenoxy) is 1. The number of benzene rings is 2. The normalized spacial score (nSPS) is 21.2. The fourth-order valence-electron chi connectivity index (χ4n) is 3.28. The van der Waals surface area contributed by atoms with Gasteiger partial charge in [0.2, 0.25) is 0 Å². The van der Waals surface area contributed by atoms with Gasteiger partial charge in [-0.3, -0.25) is 0 Å². The lowest BCUT2D eigenvalue weighted by atomic mass is 9.86. The molecule has 2 aliphatic rings. The summed E-state index contributed by atoms with van der Waals surface area (Å²) in [6.45, 7) is 0. The van der Waals surface area contributed by atoms with E-state index in [-0.39, 0.29) is 11.0 Å². The van der Waals surface area contributed by atoms with Crippen molar-refractivity contribution in [1.82, 2.24) is 0 Å². The van der Waals surface area contributed by atoms with Crippen LogP contribution in [0.3, 0.4) is 0 Å². The topological polar surface area (TPSA) is 35.2 Å². The van der Waals surface area contributed by atoms with Crippen molar-refractivity contribution in [1.29, 1.82) is 0 Å². The van der Waals surface area contributed by atoms with Crippen LogP contribution in [0.25, 0.3) is 0 Å². The molecular formula is C18H19NO. The Bertz CT molecular complexity index is 610. The molecule has 0 heterocycles. The van der Waals surface area contributed by atoms with Crippen molar-refractivity contribution in [2.75, 3.05) is 0 Å². The Morgan fingerprint density at radius 3 is 1.90 bits per heavy atom. The maximum Gasteiger partial charge on any atom is 0.127 e. The maximum absolute atomic E-state index is 6.45. The van der Waals surface area contributed by atoms with Gasteiger partial charge in [0, 0.05) is 11.0 Å². The van der Waals surface area contributed by atoms with Crippen molar-refractivity contribution in [2.24, 2.45) is 5.73 Å². The lowest BCUT2D eigenvalue weighted by Crippen LogP contribution is -2.37. The summed E-state index contributed by atoms with van der Waals surface area (Å²) in [6.07, 6.45) is 4.83. The molecule has 2 aromatic rings. The second-order valence-corrected chi connectivity index (χ2v) is 6.18. The number of hydrogen-bond donors (Lipinski definition) is 1. The molecule has 0 radical (unpaired) electrons. The summed E-state index contributed by atoms with van der Waals surface area (Å²) in [5.74, 6) is 1.76. The molecule has 0 spiro atoms. The van der Waals surface area contributed by atoms with E-state index >= 15 is 0 Å². The SMILES string of the molecule is NC1(C2(c3ccc(Oc4ccccc4)cc3)CC2)CC1. The molecule has 2 nitrogen and oxygen atoms in total. The van der Waals surface area contributed by atoms with E-state index in [0.717, 1.165) is 11.5 Å². The van der Waals surface area contributed by atoms with Crippen LogP contribution in [-0.2, 0) is 5.41 Å². The van der Waals surface area contributed by atoms with Crippen LogP contribution in [0.1, 0.15) is 31.2 Å². The number of para-hydroxylation sites is 1. The Morgan fingerprint density at radius 2 is 1.35 bits per heavy atom. The first-order valence-corrected chi connectivity index (χ1v) is 7.34. The van der Waals surface area contributed by atoms with Crippen LogP contribution in [0.2, 0.25) is 0 Å². The molecule has 4 rings (SSSR count). The molecule has 2 fully saturated rings. The molecule has 20 heavy (non-hydrogen) atoms. The minimum Gasteiger partial charge on any atom is -0.457 e. The molecule has 2 saturated carbocycles. The average molecular weight is 265 g/mol. The molecule has 102 valence electrons. The second kappa shape index (κ2) is 4.10. The first-order chi connectivity index (χ1) is 9.72. The quantitative estimate of drug-likeness (QED) is 0.906. The largest absolute Gasteiger partial charge is 0.457 e. The molecule has 0 aliphatic heterocycles. The predicted octanol–water partition coefficient (Wildman–Crippen LogP) is 4.00. The standard InChI is InChI=1S/C18H19NO/c19-18(12-13-18)17(10-11-17)14-6-8-16(9-7-14)20-15-4-2-1-3-5-15/h1-9H,10-13,19H2. The number of rotatable bonds is 4. The molecule has 0 bridgehead atoms. The average Bonchev–Trinajstić information content (AvgIpc) is 3.37. The lowest BCUT2D eigenvalue weighted by molar-refractivity contribution is 0.478. The van der Waals surface area contributed by atoms with Crippen molar-refractivity contribution in [3.63, 3.8) is 0 Å². The fourth-order valence-corrected chi connectivity index (χ4v) is 3.28. The number of hydrogen-bond acceptors (Lipinski definition) is 2. The summed E-state index contributed by atoms with van der Waals surface area (Å²) < 4.78 is 5.84. The van der Waals surface area contributed by atoms with Crippen LogP contribution >= 0.6 is 0 Å². The summed E-state index contributed by atoms with van der Waals surface area (Å²) in [7, 11) is 0. The Kier molecular flexibility index (Phi) is 2.45. The zero-order valence-electron chi connectivity index (χ0n) is 11.5. The summed E-state index contributed by atoms with van der Waals surface area (Å²) in [6, 6.07) is 18.4. The van der Waals surface area contributed by atoms with Crippen LogP contribution in [0.4, 0.5) is 0 Å². The molecule has 0 atom stereocenters. The van der Waals surface area contributed by atoms with E-state index in [1.807, 2.05) is 30.3 Å².